The molecule has 0 aliphatic carbocycles. The van der Waals surface area contributed by atoms with Crippen molar-refractivity contribution < 1.29 is 0 Å². The summed E-state index contributed by atoms with van der Waals surface area (Å²) in [5.41, 5.74) is 0. The zero-order chi connectivity index (χ0) is 6.69. The molecule has 0 fully saturated rings. The Kier molecular flexibility index (Phi) is 3.06. The minimum atomic E-state index is 0.112. The van der Waals surface area contributed by atoms with Crippen LogP contribution < -0.4 is 4.46 Å². The number of hydrogen-bond acceptors (Lipinski definition) is 0. The molecule has 0 nitrogen and oxygen atoms in total. The summed E-state index contributed by atoms with van der Waals surface area (Å²) in [7, 11) is 5.63. The molecule has 9 heavy (non-hydrogen) atoms. The van der Waals surface area contributed by atoms with Crippen molar-refractivity contribution in [1.29, 1.82) is 0 Å². The van der Waals surface area contributed by atoms with Gasteiger partial charge in [-0.15, -0.1) is 0 Å². The van der Waals surface area contributed by atoms with Crippen LogP contribution in [0.5, 0.6) is 0 Å². The predicted octanol–water partition coefficient (Wildman–Crippen LogP) is 1.93. The first-order valence-corrected chi connectivity index (χ1v) is 6.27. The fraction of sp³-hybridized carbons (Fsp3) is 0. The molecule has 1 rings (SSSR count). The number of hydrogen-bond donors (Lipinski definition) is 0. The average molecular weight is 270 g/mol. The van der Waals surface area contributed by atoms with Crippen LogP contribution in [0, 0.1) is 0 Å². The van der Waals surface area contributed by atoms with Crippen LogP contribution in [-0.2, 0) is 0 Å². The second kappa shape index (κ2) is 3.62. The summed E-state index contributed by atoms with van der Waals surface area (Å²) < 4.78 is 2.32. The van der Waals surface area contributed by atoms with Crippen LogP contribution in [0.4, 0.5) is 0 Å². The number of benzene rings is 1. The Hall–Kier alpha value is 0.509. The van der Waals surface area contributed by atoms with Gasteiger partial charge in [-0.05, 0) is 0 Å². The Morgan fingerprint density at radius 2 is 1.78 bits per heavy atom. The minimum absolute atomic E-state index is 0.112. The molecule has 0 aliphatic rings. The zero-order valence-corrected chi connectivity index (χ0v) is 8.53. The summed E-state index contributed by atoms with van der Waals surface area (Å²) in [6.45, 7) is 0. The Bertz CT molecular complexity index is 185. The molecule has 48 valence electrons. The van der Waals surface area contributed by atoms with Crippen molar-refractivity contribution in [3.63, 3.8) is 0 Å². The van der Waals surface area contributed by atoms with E-state index < -0.39 is 0 Å². The van der Waals surface area contributed by atoms with Crippen LogP contribution in [0.1, 0.15) is 0 Å². The first kappa shape index (κ1) is 7.61. The van der Waals surface area contributed by atoms with Gasteiger partial charge in [-0.1, -0.05) is 0 Å². The summed E-state index contributed by atoms with van der Waals surface area (Å²) in [6, 6.07) is 8.05. The molecule has 0 heterocycles. The van der Waals surface area contributed by atoms with Crippen molar-refractivity contribution in [2.45, 2.75) is 0 Å². The third kappa shape index (κ3) is 2.30. The maximum absolute atomic E-state index is 5.63. The SMILES string of the molecule is Cl[Se]c1ccc(Br)cc1. The number of rotatable bonds is 1. The van der Waals surface area contributed by atoms with Crippen LogP contribution in [-0.4, -0.2) is 14.0 Å². The average Bonchev–Trinajstić information content (AvgIpc) is 1.90. The van der Waals surface area contributed by atoms with Crippen LogP contribution in [0.15, 0.2) is 28.7 Å². The van der Waals surface area contributed by atoms with Crippen LogP contribution in [0.3, 0.4) is 0 Å². The second-order valence-corrected chi connectivity index (χ2v) is 4.56. The first-order chi connectivity index (χ1) is 4.33. The van der Waals surface area contributed by atoms with Crippen LogP contribution in [0.2, 0.25) is 0 Å². The van der Waals surface area contributed by atoms with Crippen molar-refractivity contribution in [3.05, 3.63) is 28.7 Å². The molecule has 0 radical (unpaired) electrons. The predicted molar refractivity (Wildman–Crippen MR) is 45.4 cm³/mol. The van der Waals surface area contributed by atoms with Gasteiger partial charge in [0.05, 0.1) is 0 Å². The van der Waals surface area contributed by atoms with E-state index in [9.17, 15) is 0 Å². The third-order valence-corrected chi connectivity index (χ3v) is 3.30. The quantitative estimate of drug-likeness (QED) is 0.684. The molecule has 0 N–H and O–H groups in total. The Morgan fingerprint density at radius 3 is 2.22 bits per heavy atom. The summed E-state index contributed by atoms with van der Waals surface area (Å²) in [4.78, 5) is 0. The van der Waals surface area contributed by atoms with E-state index in [4.69, 9.17) is 10.1 Å². The van der Waals surface area contributed by atoms with Crippen molar-refractivity contribution in [2.75, 3.05) is 0 Å². The van der Waals surface area contributed by atoms with Crippen LogP contribution >= 0.6 is 26.0 Å². The molecule has 1 aromatic carbocycles. The van der Waals surface area contributed by atoms with E-state index in [-0.39, 0.29) is 14.0 Å². The Labute approximate surface area is 73.1 Å². The Balaban J connectivity index is 2.88. The Morgan fingerprint density at radius 1 is 1.22 bits per heavy atom. The molecule has 0 unspecified atom stereocenters. The molecule has 0 atom stereocenters. The molecule has 0 aliphatic heterocycles. The van der Waals surface area contributed by atoms with Gasteiger partial charge in [0.1, 0.15) is 0 Å². The van der Waals surface area contributed by atoms with E-state index in [1.165, 1.54) is 4.46 Å². The van der Waals surface area contributed by atoms with Crippen LogP contribution in [0.25, 0.3) is 0 Å². The molecule has 0 bridgehead atoms. The van der Waals surface area contributed by atoms with E-state index in [0.29, 0.717) is 0 Å². The maximum atomic E-state index is 5.63. The van der Waals surface area contributed by atoms with Gasteiger partial charge in [0, 0.05) is 0 Å². The van der Waals surface area contributed by atoms with E-state index in [1.807, 2.05) is 24.3 Å². The van der Waals surface area contributed by atoms with Gasteiger partial charge in [-0.2, -0.15) is 0 Å². The molecule has 0 amide bonds. The van der Waals surface area contributed by atoms with E-state index in [0.717, 1.165) is 4.47 Å². The summed E-state index contributed by atoms with van der Waals surface area (Å²) in [5.74, 6) is 0. The molecule has 0 saturated heterocycles. The fourth-order valence-electron chi connectivity index (χ4n) is 0.486. The molecular formula is C6H4BrClSe. The van der Waals surface area contributed by atoms with Gasteiger partial charge in [-0.25, -0.2) is 0 Å². The van der Waals surface area contributed by atoms with E-state index in [2.05, 4.69) is 15.9 Å². The van der Waals surface area contributed by atoms with E-state index in [1.54, 1.807) is 0 Å². The summed E-state index contributed by atoms with van der Waals surface area (Å²) in [6.07, 6.45) is 0. The van der Waals surface area contributed by atoms with Crippen molar-refractivity contribution >= 4 is 44.5 Å². The molecule has 1 aromatic rings. The normalized spacial score (nSPS) is 9.56. The third-order valence-electron chi connectivity index (χ3n) is 0.903. The van der Waals surface area contributed by atoms with Gasteiger partial charge < -0.3 is 0 Å². The monoisotopic (exact) mass is 270 g/mol. The van der Waals surface area contributed by atoms with Gasteiger partial charge in [0.15, 0.2) is 0 Å². The molecular weight excluding hydrogens is 266 g/mol. The van der Waals surface area contributed by atoms with Gasteiger partial charge in [-0.3, -0.25) is 0 Å². The first-order valence-electron chi connectivity index (χ1n) is 2.37. The fourth-order valence-corrected chi connectivity index (χ4v) is 1.79. The molecule has 0 saturated carbocycles. The molecule has 3 heteroatoms. The van der Waals surface area contributed by atoms with Crippen molar-refractivity contribution in [3.8, 4) is 0 Å². The van der Waals surface area contributed by atoms with Crippen molar-refractivity contribution in [2.24, 2.45) is 0 Å². The van der Waals surface area contributed by atoms with Gasteiger partial charge >= 0.3 is 73.3 Å². The van der Waals surface area contributed by atoms with Gasteiger partial charge in [0.25, 0.3) is 0 Å². The molecule has 0 spiro atoms. The zero-order valence-electron chi connectivity index (χ0n) is 4.47. The topological polar surface area (TPSA) is 0 Å². The number of halogens is 2. The standard InChI is InChI=1S/C6H4BrClSe/c7-5-1-3-6(9-8)4-2-5/h1-4H. The van der Waals surface area contributed by atoms with E-state index >= 15 is 0 Å². The molecule has 0 aromatic heterocycles. The van der Waals surface area contributed by atoms with Crippen molar-refractivity contribution in [1.82, 2.24) is 0 Å². The summed E-state index contributed by atoms with van der Waals surface area (Å²) >= 11 is 3.45. The summed E-state index contributed by atoms with van der Waals surface area (Å²) in [5, 5.41) is 0. The second-order valence-electron chi connectivity index (χ2n) is 1.53. The van der Waals surface area contributed by atoms with Gasteiger partial charge in [0.2, 0.25) is 0 Å².